The lowest BCUT2D eigenvalue weighted by molar-refractivity contribution is 0.150. The normalized spacial score (nSPS) is 22.4. The van der Waals surface area contributed by atoms with Crippen LogP contribution in [0, 0.1) is 0 Å². The van der Waals surface area contributed by atoms with Gasteiger partial charge in [0, 0.05) is 0 Å². The van der Waals surface area contributed by atoms with Gasteiger partial charge in [0.05, 0.1) is 19.3 Å². The fourth-order valence-electron chi connectivity index (χ4n) is 2.56. The highest BCUT2D eigenvalue weighted by atomic mass is 16.5. The minimum absolute atomic E-state index is 0.369. The zero-order valence-corrected chi connectivity index (χ0v) is 11.4. The second-order valence-electron chi connectivity index (χ2n) is 4.79. The fraction of sp³-hybridized carbons (Fsp3) is 0.600. The molecule has 0 bridgehead atoms. The predicted octanol–water partition coefficient (Wildman–Crippen LogP) is 3.41. The monoisotopic (exact) mass is 250 g/mol. The van der Waals surface area contributed by atoms with Gasteiger partial charge in [-0.1, -0.05) is 6.92 Å². The van der Waals surface area contributed by atoms with Crippen LogP contribution in [0.1, 0.15) is 56.8 Å². The second-order valence-corrected chi connectivity index (χ2v) is 4.79. The van der Waals surface area contributed by atoms with Crippen LogP contribution in [0.4, 0.5) is 0 Å². The lowest BCUT2D eigenvalue weighted by Crippen LogP contribution is -2.13. The molecule has 1 aromatic rings. The molecule has 0 radical (unpaired) electrons. The first-order chi connectivity index (χ1) is 8.67. The van der Waals surface area contributed by atoms with Crippen molar-refractivity contribution in [2.45, 2.75) is 45.6 Å². The Morgan fingerprint density at radius 3 is 2.17 bits per heavy atom. The SMILES string of the molecule is CCOc1cc2c(cc1OCC)C(O)CCC2C. The van der Waals surface area contributed by atoms with Gasteiger partial charge >= 0.3 is 0 Å². The molecule has 0 amide bonds. The largest absolute Gasteiger partial charge is 0.490 e. The summed E-state index contributed by atoms with van der Waals surface area (Å²) < 4.78 is 11.2. The molecule has 3 heteroatoms. The number of ether oxygens (including phenoxy) is 2. The first-order valence-electron chi connectivity index (χ1n) is 6.78. The van der Waals surface area contributed by atoms with E-state index in [-0.39, 0.29) is 6.10 Å². The zero-order chi connectivity index (χ0) is 13.1. The Labute approximate surface area is 109 Å². The molecule has 0 heterocycles. The van der Waals surface area contributed by atoms with E-state index in [9.17, 15) is 5.11 Å². The summed E-state index contributed by atoms with van der Waals surface area (Å²) >= 11 is 0. The van der Waals surface area contributed by atoms with Gasteiger partial charge in [-0.05, 0) is 55.9 Å². The lowest BCUT2D eigenvalue weighted by atomic mass is 9.82. The average molecular weight is 250 g/mol. The maximum Gasteiger partial charge on any atom is 0.161 e. The van der Waals surface area contributed by atoms with E-state index in [4.69, 9.17) is 9.47 Å². The van der Waals surface area contributed by atoms with Crippen LogP contribution in [0.2, 0.25) is 0 Å². The fourth-order valence-corrected chi connectivity index (χ4v) is 2.56. The Morgan fingerprint density at radius 2 is 1.61 bits per heavy atom. The zero-order valence-electron chi connectivity index (χ0n) is 11.4. The quantitative estimate of drug-likeness (QED) is 0.890. The van der Waals surface area contributed by atoms with Gasteiger partial charge in [-0.2, -0.15) is 0 Å². The molecular formula is C15H22O3. The smallest absolute Gasteiger partial charge is 0.161 e. The molecule has 0 saturated heterocycles. The molecule has 1 aliphatic rings. The average Bonchev–Trinajstić information content (AvgIpc) is 2.36. The molecule has 1 aliphatic carbocycles. The predicted molar refractivity (Wildman–Crippen MR) is 71.4 cm³/mol. The van der Waals surface area contributed by atoms with Crippen LogP contribution in [-0.2, 0) is 0 Å². The Bertz CT molecular complexity index is 375. The van der Waals surface area contributed by atoms with Gasteiger partial charge in [0.15, 0.2) is 11.5 Å². The van der Waals surface area contributed by atoms with Crippen molar-refractivity contribution in [3.8, 4) is 11.5 Å². The summed E-state index contributed by atoms with van der Waals surface area (Å²) in [5.41, 5.74) is 2.20. The first-order valence-corrected chi connectivity index (χ1v) is 6.78. The van der Waals surface area contributed by atoms with Crippen LogP contribution in [-0.4, -0.2) is 18.3 Å². The van der Waals surface area contributed by atoms with Gasteiger partial charge in [-0.15, -0.1) is 0 Å². The third-order valence-electron chi connectivity index (χ3n) is 3.51. The topological polar surface area (TPSA) is 38.7 Å². The van der Waals surface area contributed by atoms with Crippen LogP contribution < -0.4 is 9.47 Å². The summed E-state index contributed by atoms with van der Waals surface area (Å²) in [6.07, 6.45) is 1.48. The summed E-state index contributed by atoms with van der Waals surface area (Å²) in [6, 6.07) is 3.99. The number of aliphatic hydroxyl groups is 1. The number of benzene rings is 1. The number of aliphatic hydroxyl groups excluding tert-OH is 1. The van der Waals surface area contributed by atoms with Crippen molar-refractivity contribution in [2.24, 2.45) is 0 Å². The molecule has 2 rings (SSSR count). The molecule has 1 aromatic carbocycles. The van der Waals surface area contributed by atoms with Crippen molar-refractivity contribution < 1.29 is 14.6 Å². The van der Waals surface area contributed by atoms with E-state index < -0.39 is 0 Å². The summed E-state index contributed by atoms with van der Waals surface area (Å²) in [4.78, 5) is 0. The van der Waals surface area contributed by atoms with Crippen molar-refractivity contribution >= 4 is 0 Å². The highest BCUT2D eigenvalue weighted by molar-refractivity contribution is 5.50. The van der Waals surface area contributed by atoms with Gasteiger partial charge in [0.2, 0.25) is 0 Å². The molecule has 0 spiro atoms. The minimum Gasteiger partial charge on any atom is -0.490 e. The van der Waals surface area contributed by atoms with E-state index in [0.717, 1.165) is 29.9 Å². The molecule has 0 aromatic heterocycles. The Morgan fingerprint density at radius 1 is 1.06 bits per heavy atom. The van der Waals surface area contributed by atoms with E-state index in [0.29, 0.717) is 19.1 Å². The maximum absolute atomic E-state index is 10.1. The molecule has 2 atom stereocenters. The van der Waals surface area contributed by atoms with Gasteiger partial charge in [-0.3, -0.25) is 0 Å². The maximum atomic E-state index is 10.1. The van der Waals surface area contributed by atoms with Crippen molar-refractivity contribution in [1.82, 2.24) is 0 Å². The van der Waals surface area contributed by atoms with Crippen molar-refractivity contribution in [2.75, 3.05) is 13.2 Å². The van der Waals surface area contributed by atoms with E-state index in [1.807, 2.05) is 26.0 Å². The third kappa shape index (κ3) is 2.46. The van der Waals surface area contributed by atoms with Crippen molar-refractivity contribution in [3.05, 3.63) is 23.3 Å². The lowest BCUT2D eigenvalue weighted by Gasteiger charge is -2.28. The number of rotatable bonds is 4. The van der Waals surface area contributed by atoms with Crippen LogP contribution >= 0.6 is 0 Å². The molecule has 0 fully saturated rings. The second kappa shape index (κ2) is 5.61. The van der Waals surface area contributed by atoms with Crippen LogP contribution in [0.25, 0.3) is 0 Å². The van der Waals surface area contributed by atoms with E-state index in [1.165, 1.54) is 5.56 Å². The summed E-state index contributed by atoms with van der Waals surface area (Å²) in [5, 5.41) is 10.1. The minimum atomic E-state index is -0.369. The summed E-state index contributed by atoms with van der Waals surface area (Å²) in [6.45, 7) is 7.34. The molecule has 0 aliphatic heterocycles. The van der Waals surface area contributed by atoms with Crippen molar-refractivity contribution in [1.29, 1.82) is 0 Å². The standard InChI is InChI=1S/C15H22O3/c1-4-17-14-8-11-10(3)6-7-13(16)12(11)9-15(14)18-5-2/h8-10,13,16H,4-7H2,1-3H3. The highest BCUT2D eigenvalue weighted by Gasteiger charge is 2.25. The van der Waals surface area contributed by atoms with Gasteiger partial charge in [0.1, 0.15) is 0 Å². The van der Waals surface area contributed by atoms with Crippen LogP contribution in [0.5, 0.6) is 11.5 Å². The number of fused-ring (bicyclic) bond motifs is 1. The molecule has 18 heavy (non-hydrogen) atoms. The Kier molecular flexibility index (Phi) is 4.12. The molecule has 2 unspecified atom stereocenters. The first kappa shape index (κ1) is 13.2. The summed E-state index contributed by atoms with van der Waals surface area (Å²) in [7, 11) is 0. The Hall–Kier alpha value is -1.22. The third-order valence-corrected chi connectivity index (χ3v) is 3.51. The summed E-state index contributed by atoms with van der Waals surface area (Å²) in [5.74, 6) is 2.00. The van der Waals surface area contributed by atoms with E-state index >= 15 is 0 Å². The highest BCUT2D eigenvalue weighted by Crippen LogP contribution is 2.42. The van der Waals surface area contributed by atoms with Gasteiger partial charge in [-0.25, -0.2) is 0 Å². The van der Waals surface area contributed by atoms with Crippen LogP contribution in [0.3, 0.4) is 0 Å². The van der Waals surface area contributed by atoms with Gasteiger partial charge in [0.25, 0.3) is 0 Å². The van der Waals surface area contributed by atoms with E-state index in [1.54, 1.807) is 0 Å². The molecule has 1 N–H and O–H groups in total. The van der Waals surface area contributed by atoms with Crippen molar-refractivity contribution in [3.63, 3.8) is 0 Å². The molecule has 100 valence electrons. The molecule has 0 saturated carbocycles. The van der Waals surface area contributed by atoms with Gasteiger partial charge < -0.3 is 14.6 Å². The van der Waals surface area contributed by atoms with E-state index in [2.05, 4.69) is 6.92 Å². The molecule has 3 nitrogen and oxygen atoms in total. The van der Waals surface area contributed by atoms with Crippen LogP contribution in [0.15, 0.2) is 12.1 Å². The Balaban J connectivity index is 2.45. The molecular weight excluding hydrogens is 228 g/mol. The number of hydrogen-bond acceptors (Lipinski definition) is 3. The number of hydrogen-bond donors (Lipinski definition) is 1.